The second kappa shape index (κ2) is 10.4. The third kappa shape index (κ3) is 5.51. The molecule has 0 bridgehead atoms. The van der Waals surface area contributed by atoms with Crippen LogP contribution in [0, 0.1) is 5.82 Å². The van der Waals surface area contributed by atoms with Gasteiger partial charge in [-0.05, 0) is 55.2 Å². The lowest BCUT2D eigenvalue weighted by Gasteiger charge is -2.39. The highest BCUT2D eigenvalue weighted by atomic mass is 19.1. The Morgan fingerprint density at radius 2 is 1.80 bits per heavy atom. The van der Waals surface area contributed by atoms with Crippen LogP contribution in [0.15, 0.2) is 53.5 Å². The standard InChI is InChI=1S/C24H32FN3O2/c1-4-30-22-11-5-19(6-12-22)17-28(3)23(26-2)27-18-24(13-15-29-16-14-24)20-7-9-21(25)10-8-20/h5-12H,4,13-18H2,1-3H3,(H,26,27). The Labute approximate surface area is 178 Å². The summed E-state index contributed by atoms with van der Waals surface area (Å²) in [5.41, 5.74) is 2.23. The van der Waals surface area contributed by atoms with E-state index in [-0.39, 0.29) is 11.2 Å². The molecule has 1 fully saturated rings. The molecule has 1 heterocycles. The molecule has 1 N–H and O–H groups in total. The average molecular weight is 414 g/mol. The average Bonchev–Trinajstić information content (AvgIpc) is 2.77. The molecule has 0 amide bonds. The molecule has 1 aliphatic heterocycles. The van der Waals surface area contributed by atoms with E-state index in [4.69, 9.17) is 9.47 Å². The van der Waals surface area contributed by atoms with Crippen molar-refractivity contribution in [2.75, 3.05) is 40.5 Å². The van der Waals surface area contributed by atoms with Crippen molar-refractivity contribution in [3.63, 3.8) is 0 Å². The highest BCUT2D eigenvalue weighted by Gasteiger charge is 2.34. The molecular weight excluding hydrogens is 381 g/mol. The zero-order valence-electron chi connectivity index (χ0n) is 18.2. The number of benzene rings is 2. The van der Waals surface area contributed by atoms with E-state index < -0.39 is 0 Å². The van der Waals surface area contributed by atoms with Crippen LogP contribution in [0.25, 0.3) is 0 Å². The molecule has 162 valence electrons. The molecule has 2 aromatic carbocycles. The second-order valence-electron chi connectivity index (χ2n) is 7.73. The maximum atomic E-state index is 13.5. The van der Waals surface area contributed by atoms with E-state index in [1.165, 1.54) is 5.56 Å². The molecule has 1 saturated heterocycles. The monoisotopic (exact) mass is 413 g/mol. The van der Waals surface area contributed by atoms with Gasteiger partial charge >= 0.3 is 0 Å². The zero-order valence-corrected chi connectivity index (χ0v) is 18.2. The molecule has 1 aliphatic rings. The van der Waals surface area contributed by atoms with E-state index in [1.54, 1.807) is 19.2 Å². The van der Waals surface area contributed by atoms with Gasteiger partial charge in [0.2, 0.25) is 0 Å². The molecule has 0 spiro atoms. The van der Waals surface area contributed by atoms with E-state index in [0.29, 0.717) is 19.8 Å². The van der Waals surface area contributed by atoms with Gasteiger partial charge in [-0.15, -0.1) is 0 Å². The van der Waals surface area contributed by atoms with Gasteiger partial charge in [0, 0.05) is 45.8 Å². The molecule has 2 aromatic rings. The maximum Gasteiger partial charge on any atom is 0.193 e. The lowest BCUT2D eigenvalue weighted by Crippen LogP contribution is -2.48. The number of hydrogen-bond acceptors (Lipinski definition) is 3. The van der Waals surface area contributed by atoms with Crippen molar-refractivity contribution in [3.05, 3.63) is 65.5 Å². The first kappa shape index (κ1) is 22.1. The van der Waals surface area contributed by atoms with Gasteiger partial charge in [-0.25, -0.2) is 4.39 Å². The lowest BCUT2D eigenvalue weighted by atomic mass is 9.74. The Morgan fingerprint density at radius 1 is 1.13 bits per heavy atom. The van der Waals surface area contributed by atoms with Crippen LogP contribution in [0.4, 0.5) is 4.39 Å². The lowest BCUT2D eigenvalue weighted by molar-refractivity contribution is 0.0512. The fraction of sp³-hybridized carbons (Fsp3) is 0.458. The third-order valence-corrected chi connectivity index (χ3v) is 5.72. The van der Waals surface area contributed by atoms with Gasteiger partial charge in [0.05, 0.1) is 6.61 Å². The van der Waals surface area contributed by atoms with Crippen molar-refractivity contribution in [2.45, 2.75) is 31.7 Å². The number of ether oxygens (including phenoxy) is 2. The fourth-order valence-corrected chi connectivity index (χ4v) is 3.97. The summed E-state index contributed by atoms with van der Waals surface area (Å²) in [7, 11) is 3.83. The normalized spacial score (nSPS) is 16.2. The summed E-state index contributed by atoms with van der Waals surface area (Å²) in [6, 6.07) is 15.0. The Balaban J connectivity index is 1.66. The molecule has 0 unspecified atom stereocenters. The number of nitrogens with zero attached hydrogens (tertiary/aromatic N) is 2. The van der Waals surface area contributed by atoms with Gasteiger partial charge in [-0.2, -0.15) is 0 Å². The van der Waals surface area contributed by atoms with E-state index >= 15 is 0 Å². The maximum absolute atomic E-state index is 13.5. The third-order valence-electron chi connectivity index (χ3n) is 5.72. The van der Waals surface area contributed by atoms with Crippen LogP contribution >= 0.6 is 0 Å². The van der Waals surface area contributed by atoms with Crippen LogP contribution in [-0.2, 0) is 16.7 Å². The molecule has 6 heteroatoms. The minimum atomic E-state index is -0.209. The number of hydrogen-bond donors (Lipinski definition) is 1. The molecule has 0 saturated carbocycles. The van der Waals surface area contributed by atoms with Crippen LogP contribution in [-0.4, -0.2) is 51.3 Å². The summed E-state index contributed by atoms with van der Waals surface area (Å²) in [6.45, 7) is 5.52. The van der Waals surface area contributed by atoms with Crippen molar-refractivity contribution in [3.8, 4) is 5.75 Å². The predicted molar refractivity (Wildman–Crippen MR) is 119 cm³/mol. The van der Waals surface area contributed by atoms with Crippen molar-refractivity contribution < 1.29 is 13.9 Å². The summed E-state index contributed by atoms with van der Waals surface area (Å²) in [5, 5.41) is 3.55. The summed E-state index contributed by atoms with van der Waals surface area (Å²) >= 11 is 0. The predicted octanol–water partition coefficient (Wildman–Crippen LogP) is 3.98. The van der Waals surface area contributed by atoms with E-state index in [2.05, 4.69) is 27.3 Å². The van der Waals surface area contributed by atoms with Crippen LogP contribution in [0.3, 0.4) is 0 Å². The van der Waals surface area contributed by atoms with E-state index in [1.807, 2.05) is 38.2 Å². The number of aliphatic imine (C=N–C) groups is 1. The van der Waals surface area contributed by atoms with Crippen molar-refractivity contribution in [1.29, 1.82) is 0 Å². The molecule has 0 aliphatic carbocycles. The molecule has 0 atom stereocenters. The van der Waals surface area contributed by atoms with Gasteiger partial charge in [-0.1, -0.05) is 24.3 Å². The van der Waals surface area contributed by atoms with Crippen LogP contribution in [0.2, 0.25) is 0 Å². The quantitative estimate of drug-likeness (QED) is 0.551. The first-order valence-corrected chi connectivity index (χ1v) is 10.5. The van der Waals surface area contributed by atoms with Gasteiger partial charge in [0.1, 0.15) is 11.6 Å². The summed E-state index contributed by atoms with van der Waals surface area (Å²) in [4.78, 5) is 6.57. The van der Waals surface area contributed by atoms with E-state index in [9.17, 15) is 4.39 Å². The zero-order chi connectivity index (χ0) is 21.4. The molecule has 5 nitrogen and oxygen atoms in total. The van der Waals surface area contributed by atoms with Crippen molar-refractivity contribution >= 4 is 5.96 Å². The van der Waals surface area contributed by atoms with Crippen LogP contribution < -0.4 is 10.1 Å². The van der Waals surface area contributed by atoms with Crippen molar-refractivity contribution in [1.82, 2.24) is 10.2 Å². The van der Waals surface area contributed by atoms with Gasteiger partial charge in [0.25, 0.3) is 0 Å². The summed E-state index contributed by atoms with van der Waals surface area (Å²) in [6.07, 6.45) is 1.79. The topological polar surface area (TPSA) is 46.1 Å². The molecular formula is C24H32FN3O2. The molecule has 0 aromatic heterocycles. The summed E-state index contributed by atoms with van der Waals surface area (Å²) in [5.74, 6) is 1.50. The van der Waals surface area contributed by atoms with E-state index in [0.717, 1.165) is 43.2 Å². The number of halogens is 1. The Kier molecular flexibility index (Phi) is 7.69. The first-order valence-electron chi connectivity index (χ1n) is 10.5. The van der Waals surface area contributed by atoms with Gasteiger partial charge in [0.15, 0.2) is 5.96 Å². The number of nitrogens with one attached hydrogen (secondary N) is 1. The Morgan fingerprint density at radius 3 is 2.40 bits per heavy atom. The largest absolute Gasteiger partial charge is 0.494 e. The molecule has 3 rings (SSSR count). The highest BCUT2D eigenvalue weighted by molar-refractivity contribution is 5.79. The van der Waals surface area contributed by atoms with Crippen molar-refractivity contribution in [2.24, 2.45) is 4.99 Å². The SMILES string of the molecule is CCOc1ccc(CN(C)C(=NC)NCC2(c3ccc(F)cc3)CCOCC2)cc1. The fourth-order valence-electron chi connectivity index (χ4n) is 3.97. The number of rotatable bonds is 7. The summed E-state index contributed by atoms with van der Waals surface area (Å²) < 4.78 is 24.6. The minimum absolute atomic E-state index is 0.0954. The highest BCUT2D eigenvalue weighted by Crippen LogP contribution is 2.34. The van der Waals surface area contributed by atoms with Gasteiger partial charge < -0.3 is 19.7 Å². The van der Waals surface area contributed by atoms with Gasteiger partial charge in [-0.3, -0.25) is 4.99 Å². The van der Waals surface area contributed by atoms with Crippen LogP contribution in [0.1, 0.15) is 30.9 Å². The Hall–Kier alpha value is -2.60. The minimum Gasteiger partial charge on any atom is -0.494 e. The second-order valence-corrected chi connectivity index (χ2v) is 7.73. The first-order chi connectivity index (χ1) is 14.6. The molecule has 0 radical (unpaired) electrons. The molecule has 30 heavy (non-hydrogen) atoms. The number of guanidine groups is 1. The van der Waals surface area contributed by atoms with Crippen LogP contribution in [0.5, 0.6) is 5.75 Å². The Bertz CT molecular complexity index is 815. The smallest absolute Gasteiger partial charge is 0.193 e.